The van der Waals surface area contributed by atoms with Gasteiger partial charge < -0.3 is 9.15 Å². The van der Waals surface area contributed by atoms with Crippen molar-refractivity contribution in [3.05, 3.63) is 35.7 Å². The molecule has 2 aromatic rings. The zero-order valence-electron chi connectivity index (χ0n) is 11.5. The van der Waals surface area contributed by atoms with Crippen LogP contribution in [-0.2, 0) is 6.42 Å². The highest BCUT2D eigenvalue weighted by atomic mass is 32.2. The average molecular weight is 292 g/mol. The Morgan fingerprint density at radius 2 is 2.05 bits per heavy atom. The quantitative estimate of drug-likeness (QED) is 0.577. The minimum absolute atomic E-state index is 0.0212. The van der Waals surface area contributed by atoms with Crippen molar-refractivity contribution in [1.82, 2.24) is 10.2 Å². The van der Waals surface area contributed by atoms with Gasteiger partial charge in [0.15, 0.2) is 5.78 Å². The highest BCUT2D eigenvalue weighted by molar-refractivity contribution is 7.99. The number of carbonyl (C=O) groups is 1. The Balaban J connectivity index is 1.90. The fourth-order valence-electron chi connectivity index (χ4n) is 1.60. The zero-order chi connectivity index (χ0) is 14.4. The van der Waals surface area contributed by atoms with Crippen LogP contribution in [0.25, 0.3) is 0 Å². The van der Waals surface area contributed by atoms with E-state index in [4.69, 9.17) is 9.15 Å². The lowest BCUT2D eigenvalue weighted by atomic mass is 10.1. The standard InChI is InChI=1S/C14H16N2O3S/c1-3-4-13-15-16-14(19-13)20-9-12(17)10-5-7-11(18-2)8-6-10/h5-8H,3-4,9H2,1-2H3. The van der Waals surface area contributed by atoms with Crippen LogP contribution < -0.4 is 4.74 Å². The molecule has 0 N–H and O–H groups in total. The number of Topliss-reactive ketones (excluding diaryl/α,β-unsaturated/α-hetero) is 1. The van der Waals surface area contributed by atoms with Gasteiger partial charge in [-0.25, -0.2) is 0 Å². The van der Waals surface area contributed by atoms with Gasteiger partial charge in [0.05, 0.1) is 12.9 Å². The van der Waals surface area contributed by atoms with E-state index in [0.717, 1.165) is 18.6 Å². The predicted octanol–water partition coefficient (Wildman–Crippen LogP) is 3.01. The largest absolute Gasteiger partial charge is 0.497 e. The van der Waals surface area contributed by atoms with E-state index in [2.05, 4.69) is 10.2 Å². The minimum Gasteiger partial charge on any atom is -0.497 e. The van der Waals surface area contributed by atoms with Crippen molar-refractivity contribution >= 4 is 17.5 Å². The smallest absolute Gasteiger partial charge is 0.277 e. The number of thioether (sulfide) groups is 1. The Morgan fingerprint density at radius 3 is 2.70 bits per heavy atom. The molecule has 0 atom stereocenters. The van der Waals surface area contributed by atoms with Crippen LogP contribution in [0.5, 0.6) is 5.75 Å². The topological polar surface area (TPSA) is 65.2 Å². The Kier molecular flexibility index (Phi) is 5.17. The van der Waals surface area contributed by atoms with Crippen molar-refractivity contribution in [2.75, 3.05) is 12.9 Å². The number of carbonyl (C=O) groups excluding carboxylic acids is 1. The Morgan fingerprint density at radius 1 is 1.30 bits per heavy atom. The molecular weight excluding hydrogens is 276 g/mol. The first-order chi connectivity index (χ1) is 9.72. The number of methoxy groups -OCH3 is 1. The van der Waals surface area contributed by atoms with Crippen LogP contribution in [0.3, 0.4) is 0 Å². The van der Waals surface area contributed by atoms with Gasteiger partial charge in [-0.2, -0.15) is 0 Å². The van der Waals surface area contributed by atoms with Crippen LogP contribution in [0, 0.1) is 0 Å². The van der Waals surface area contributed by atoms with Gasteiger partial charge in [-0.05, 0) is 30.7 Å². The second kappa shape index (κ2) is 7.09. The number of ketones is 1. The Hall–Kier alpha value is -1.82. The van der Waals surface area contributed by atoms with Crippen LogP contribution in [0.4, 0.5) is 0 Å². The number of aryl methyl sites for hydroxylation is 1. The fraction of sp³-hybridized carbons (Fsp3) is 0.357. The molecule has 20 heavy (non-hydrogen) atoms. The summed E-state index contributed by atoms with van der Waals surface area (Å²) in [7, 11) is 1.59. The van der Waals surface area contributed by atoms with Crippen LogP contribution in [0.1, 0.15) is 29.6 Å². The summed E-state index contributed by atoms with van der Waals surface area (Å²) in [4.78, 5) is 12.0. The molecule has 5 nitrogen and oxygen atoms in total. The van der Waals surface area contributed by atoms with E-state index in [-0.39, 0.29) is 11.5 Å². The second-order valence-electron chi connectivity index (χ2n) is 4.15. The molecule has 1 aromatic heterocycles. The molecule has 0 aliphatic rings. The van der Waals surface area contributed by atoms with Crippen LogP contribution in [0.15, 0.2) is 33.9 Å². The summed E-state index contributed by atoms with van der Waals surface area (Å²) in [5.41, 5.74) is 0.645. The molecule has 0 saturated heterocycles. The SMILES string of the molecule is CCCc1nnc(SCC(=O)c2ccc(OC)cc2)o1. The van der Waals surface area contributed by atoms with Gasteiger partial charge in [0.2, 0.25) is 5.89 Å². The molecule has 0 spiro atoms. The molecule has 0 aliphatic heterocycles. The summed E-state index contributed by atoms with van der Waals surface area (Å²) >= 11 is 1.26. The van der Waals surface area contributed by atoms with Gasteiger partial charge in [-0.1, -0.05) is 18.7 Å². The molecule has 6 heteroatoms. The molecule has 106 valence electrons. The van der Waals surface area contributed by atoms with Crippen molar-refractivity contribution in [1.29, 1.82) is 0 Å². The van der Waals surface area contributed by atoms with Gasteiger partial charge in [0.25, 0.3) is 5.22 Å². The monoisotopic (exact) mass is 292 g/mol. The van der Waals surface area contributed by atoms with Gasteiger partial charge in [-0.15, -0.1) is 10.2 Å². The lowest BCUT2D eigenvalue weighted by Crippen LogP contribution is -2.02. The third-order valence-corrected chi connectivity index (χ3v) is 3.47. The molecule has 0 unspecified atom stereocenters. The lowest BCUT2D eigenvalue weighted by molar-refractivity contribution is 0.102. The fourth-order valence-corrected chi connectivity index (χ4v) is 2.27. The Bertz CT molecular complexity index is 566. The van der Waals surface area contributed by atoms with E-state index >= 15 is 0 Å². The van der Waals surface area contributed by atoms with Crippen molar-refractivity contribution in [2.24, 2.45) is 0 Å². The summed E-state index contributed by atoms with van der Waals surface area (Å²) < 4.78 is 10.5. The van der Waals surface area contributed by atoms with E-state index in [1.807, 2.05) is 6.92 Å². The number of hydrogen-bond donors (Lipinski definition) is 0. The third kappa shape index (κ3) is 3.84. The number of aromatic nitrogens is 2. The molecule has 0 radical (unpaired) electrons. The maximum absolute atomic E-state index is 12.0. The first kappa shape index (κ1) is 14.6. The first-order valence-electron chi connectivity index (χ1n) is 6.35. The molecule has 0 saturated carbocycles. The highest BCUT2D eigenvalue weighted by Gasteiger charge is 2.11. The van der Waals surface area contributed by atoms with E-state index in [9.17, 15) is 4.79 Å². The molecular formula is C14H16N2O3S. The zero-order valence-corrected chi connectivity index (χ0v) is 12.3. The molecule has 1 heterocycles. The molecule has 2 rings (SSSR count). The van der Waals surface area contributed by atoms with Crippen LogP contribution in [-0.4, -0.2) is 28.8 Å². The summed E-state index contributed by atoms with van der Waals surface area (Å²) in [5.74, 6) is 1.65. The lowest BCUT2D eigenvalue weighted by Gasteiger charge is -2.01. The van der Waals surface area contributed by atoms with Gasteiger partial charge >= 0.3 is 0 Å². The number of ether oxygens (including phenoxy) is 1. The second-order valence-corrected chi connectivity index (χ2v) is 5.08. The van der Waals surface area contributed by atoms with Crippen LogP contribution in [0.2, 0.25) is 0 Å². The number of rotatable bonds is 7. The van der Waals surface area contributed by atoms with E-state index in [1.54, 1.807) is 31.4 Å². The van der Waals surface area contributed by atoms with Crippen molar-refractivity contribution in [2.45, 2.75) is 25.0 Å². The van der Waals surface area contributed by atoms with Crippen LogP contribution >= 0.6 is 11.8 Å². The molecule has 0 aliphatic carbocycles. The highest BCUT2D eigenvalue weighted by Crippen LogP contribution is 2.19. The third-order valence-electron chi connectivity index (χ3n) is 2.65. The van der Waals surface area contributed by atoms with Gasteiger partial charge in [0, 0.05) is 12.0 Å². The van der Waals surface area contributed by atoms with Crippen molar-refractivity contribution < 1.29 is 13.9 Å². The van der Waals surface area contributed by atoms with E-state index in [1.165, 1.54) is 11.8 Å². The van der Waals surface area contributed by atoms with E-state index in [0.29, 0.717) is 16.7 Å². The number of nitrogens with zero attached hydrogens (tertiary/aromatic N) is 2. The maximum Gasteiger partial charge on any atom is 0.277 e. The van der Waals surface area contributed by atoms with Gasteiger partial charge in [-0.3, -0.25) is 4.79 Å². The Labute approximate surface area is 121 Å². The number of hydrogen-bond acceptors (Lipinski definition) is 6. The summed E-state index contributed by atoms with van der Waals surface area (Å²) in [5, 5.41) is 8.26. The van der Waals surface area contributed by atoms with Crippen molar-refractivity contribution in [3.63, 3.8) is 0 Å². The normalized spacial score (nSPS) is 10.5. The minimum atomic E-state index is 0.0212. The first-order valence-corrected chi connectivity index (χ1v) is 7.34. The maximum atomic E-state index is 12.0. The summed E-state index contributed by atoms with van der Waals surface area (Å²) in [6.45, 7) is 2.05. The molecule has 0 bridgehead atoms. The summed E-state index contributed by atoms with van der Waals surface area (Å²) in [6, 6.07) is 7.03. The molecule has 0 amide bonds. The molecule has 1 aromatic carbocycles. The number of benzene rings is 1. The predicted molar refractivity (Wildman–Crippen MR) is 76.3 cm³/mol. The van der Waals surface area contributed by atoms with E-state index < -0.39 is 0 Å². The molecule has 0 fully saturated rings. The van der Waals surface area contributed by atoms with Gasteiger partial charge in [0.1, 0.15) is 5.75 Å². The average Bonchev–Trinajstić information content (AvgIpc) is 2.93. The summed E-state index contributed by atoms with van der Waals surface area (Å²) in [6.07, 6.45) is 1.72. The van der Waals surface area contributed by atoms with Crippen molar-refractivity contribution in [3.8, 4) is 5.75 Å².